The molecule has 0 atom stereocenters. The van der Waals surface area contributed by atoms with Crippen LogP contribution in [0.15, 0.2) is 64.2 Å². The van der Waals surface area contributed by atoms with Crippen molar-refractivity contribution in [1.82, 2.24) is 10.6 Å². The molecular formula is C26H27F3N4O6S. The van der Waals surface area contributed by atoms with Crippen LogP contribution in [-0.4, -0.2) is 51.0 Å². The number of carbonyl (C=O) groups excluding carboxylic acids is 2. The van der Waals surface area contributed by atoms with Crippen molar-refractivity contribution in [2.24, 2.45) is 9.98 Å². The Balaban J connectivity index is 1.60. The van der Waals surface area contributed by atoms with E-state index in [1.54, 1.807) is 12.1 Å². The molecular weight excluding hydrogens is 553 g/mol. The lowest BCUT2D eigenvalue weighted by molar-refractivity contribution is -0.138. The average molecular weight is 581 g/mol. The van der Waals surface area contributed by atoms with Gasteiger partial charge >= 0.3 is 6.18 Å². The van der Waals surface area contributed by atoms with Crippen molar-refractivity contribution in [2.45, 2.75) is 38.0 Å². The lowest BCUT2D eigenvalue weighted by Gasteiger charge is -2.17. The lowest BCUT2D eigenvalue weighted by atomic mass is 10.1. The summed E-state index contributed by atoms with van der Waals surface area (Å²) in [4.78, 5) is 32.3. The number of carbonyl (C=O) groups is 2. The van der Waals surface area contributed by atoms with Crippen LogP contribution in [0.1, 0.15) is 30.9 Å². The van der Waals surface area contributed by atoms with Gasteiger partial charge in [-0.2, -0.15) is 13.2 Å². The van der Waals surface area contributed by atoms with E-state index < -0.39 is 44.1 Å². The second-order valence-corrected chi connectivity index (χ2v) is 10.9. The Kier molecular flexibility index (Phi) is 9.03. The molecule has 14 heteroatoms. The number of nitrogens with one attached hydrogen (secondary N) is 2. The van der Waals surface area contributed by atoms with E-state index in [2.05, 4.69) is 27.3 Å². The number of halogens is 3. The molecule has 10 nitrogen and oxygen atoms in total. The molecule has 1 fully saturated rings. The molecule has 1 aliphatic rings. The molecule has 0 radical (unpaired) electrons. The van der Waals surface area contributed by atoms with Gasteiger partial charge in [0.1, 0.15) is 28.4 Å². The first-order valence-electron chi connectivity index (χ1n) is 11.7. The maximum Gasteiger partial charge on any atom is 0.420 e. The third kappa shape index (κ3) is 7.68. The summed E-state index contributed by atoms with van der Waals surface area (Å²) in [6.07, 6.45) is -1.91. The molecule has 2 aromatic carbocycles. The second-order valence-electron chi connectivity index (χ2n) is 8.98. The molecule has 2 amide bonds. The topological polar surface area (TPSA) is 136 Å². The van der Waals surface area contributed by atoms with E-state index in [0.717, 1.165) is 18.5 Å². The Labute approximate surface area is 228 Å². The van der Waals surface area contributed by atoms with Crippen molar-refractivity contribution in [3.8, 4) is 17.2 Å². The third-order valence-electron chi connectivity index (χ3n) is 5.83. The van der Waals surface area contributed by atoms with Gasteiger partial charge in [0.05, 0.1) is 7.11 Å². The van der Waals surface area contributed by atoms with Gasteiger partial charge in [0.25, 0.3) is 0 Å². The van der Waals surface area contributed by atoms with E-state index in [1.807, 2.05) is 0 Å². The van der Waals surface area contributed by atoms with E-state index in [4.69, 9.17) is 9.47 Å². The first-order valence-corrected chi connectivity index (χ1v) is 13.6. The highest BCUT2D eigenvalue weighted by molar-refractivity contribution is 8.05. The lowest BCUT2D eigenvalue weighted by Crippen LogP contribution is -2.49. The molecule has 3 rings (SSSR count). The van der Waals surface area contributed by atoms with E-state index in [9.17, 15) is 31.2 Å². The van der Waals surface area contributed by atoms with E-state index in [1.165, 1.54) is 38.3 Å². The monoisotopic (exact) mass is 580 g/mol. The first-order chi connectivity index (χ1) is 18.7. The highest BCUT2D eigenvalue weighted by Gasteiger charge is 2.51. The molecule has 0 bridgehead atoms. The van der Waals surface area contributed by atoms with Crippen LogP contribution in [0.25, 0.3) is 0 Å². The zero-order valence-corrected chi connectivity index (χ0v) is 22.6. The maximum atomic E-state index is 13.4. The number of rotatable bonds is 9. The van der Waals surface area contributed by atoms with E-state index in [0.29, 0.717) is 18.4 Å². The molecule has 40 heavy (non-hydrogen) atoms. The molecule has 0 aliphatic heterocycles. The number of aliphatic imine (C=N–C) groups is 2. The standard InChI is InChI=1S/C26H27F3N4O6S/c1-16(14-32-24(30-2)40(4,36)37)22(34)33-25(11-12-25)23(35)31-15-17-5-7-18(8-6-17)39-21-10-9-19(38-3)13-20(21)26(27,28)29/h5-10,13-14H,2,11-12,15H2,1,3-4H3,(H,31,35)(H,33,34)/b16-14+,32-24?. The Morgan fingerprint density at radius 2 is 1.75 bits per heavy atom. The van der Waals surface area contributed by atoms with Gasteiger partial charge in [-0.05, 0) is 62.4 Å². The number of ether oxygens (including phenoxy) is 2. The van der Waals surface area contributed by atoms with Crippen LogP contribution in [0.3, 0.4) is 0 Å². The number of alkyl halides is 3. The molecule has 0 unspecified atom stereocenters. The molecule has 0 saturated heterocycles. The summed E-state index contributed by atoms with van der Waals surface area (Å²) in [6.45, 7) is 4.63. The van der Waals surface area contributed by atoms with Gasteiger partial charge in [-0.3, -0.25) is 9.59 Å². The van der Waals surface area contributed by atoms with Gasteiger partial charge in [0.15, 0.2) is 0 Å². The third-order valence-corrected chi connectivity index (χ3v) is 6.73. The summed E-state index contributed by atoms with van der Waals surface area (Å²) < 4.78 is 73.6. The Hall–Kier alpha value is -4.20. The molecule has 1 saturated carbocycles. The van der Waals surface area contributed by atoms with Gasteiger partial charge < -0.3 is 20.1 Å². The van der Waals surface area contributed by atoms with Gasteiger partial charge in [0.2, 0.25) is 26.8 Å². The fraction of sp³-hybridized carbons (Fsp3) is 0.308. The average Bonchev–Trinajstić information content (AvgIpc) is 3.67. The number of amides is 2. The normalized spacial score (nSPS) is 15.2. The number of hydrogen-bond donors (Lipinski definition) is 2. The van der Waals surface area contributed by atoms with Crippen LogP contribution in [0.4, 0.5) is 13.2 Å². The predicted octanol–water partition coefficient (Wildman–Crippen LogP) is 3.78. The molecule has 0 spiro atoms. The van der Waals surface area contributed by atoms with Crippen LogP contribution in [-0.2, 0) is 32.1 Å². The van der Waals surface area contributed by atoms with Crippen molar-refractivity contribution in [3.63, 3.8) is 0 Å². The second kappa shape index (κ2) is 11.9. The SMILES string of the molecule is C=NC(=N/C=C(\C)C(=O)NC1(C(=O)NCc2ccc(Oc3ccc(OC)cc3C(F)(F)F)cc2)CC1)S(C)(=O)=O. The molecule has 214 valence electrons. The van der Waals surface area contributed by atoms with Crippen LogP contribution in [0.2, 0.25) is 0 Å². The number of amidine groups is 1. The molecule has 0 heterocycles. The van der Waals surface area contributed by atoms with E-state index >= 15 is 0 Å². The smallest absolute Gasteiger partial charge is 0.420 e. The number of benzene rings is 2. The van der Waals surface area contributed by atoms with Gasteiger partial charge in [-0.25, -0.2) is 18.4 Å². The zero-order valence-electron chi connectivity index (χ0n) is 21.8. The van der Waals surface area contributed by atoms with Crippen molar-refractivity contribution >= 4 is 33.5 Å². The number of sulfone groups is 1. The van der Waals surface area contributed by atoms with Crippen molar-refractivity contribution in [1.29, 1.82) is 0 Å². The quantitative estimate of drug-likeness (QED) is 0.263. The Morgan fingerprint density at radius 1 is 1.12 bits per heavy atom. The maximum absolute atomic E-state index is 13.4. The highest BCUT2D eigenvalue weighted by atomic mass is 32.2. The highest BCUT2D eigenvalue weighted by Crippen LogP contribution is 2.40. The largest absolute Gasteiger partial charge is 0.497 e. The predicted molar refractivity (Wildman–Crippen MR) is 142 cm³/mol. The van der Waals surface area contributed by atoms with Crippen molar-refractivity contribution in [2.75, 3.05) is 13.4 Å². The fourth-order valence-corrected chi connectivity index (χ4v) is 3.89. The molecule has 1 aliphatic carbocycles. The minimum Gasteiger partial charge on any atom is -0.497 e. The van der Waals surface area contributed by atoms with Crippen molar-refractivity contribution in [3.05, 3.63) is 65.4 Å². The van der Waals surface area contributed by atoms with Crippen LogP contribution >= 0.6 is 0 Å². The number of nitrogens with zero attached hydrogens (tertiary/aromatic N) is 2. The fourth-order valence-electron chi connectivity index (χ4n) is 3.41. The summed E-state index contributed by atoms with van der Waals surface area (Å²) in [5.74, 6) is -1.21. The number of methoxy groups -OCH3 is 1. The summed E-state index contributed by atoms with van der Waals surface area (Å²) in [5.41, 5.74) is -1.39. The molecule has 2 N–H and O–H groups in total. The van der Waals surface area contributed by atoms with E-state index in [-0.39, 0.29) is 29.4 Å². The summed E-state index contributed by atoms with van der Waals surface area (Å²) >= 11 is 0. The minimum atomic E-state index is -4.65. The summed E-state index contributed by atoms with van der Waals surface area (Å²) in [6, 6.07) is 9.49. The van der Waals surface area contributed by atoms with Gasteiger partial charge in [-0.1, -0.05) is 12.1 Å². The van der Waals surface area contributed by atoms with Gasteiger partial charge in [0, 0.05) is 24.6 Å². The summed E-state index contributed by atoms with van der Waals surface area (Å²) in [7, 11) is -2.45. The zero-order chi connectivity index (χ0) is 29.7. The molecule has 2 aromatic rings. The van der Waals surface area contributed by atoms with Crippen LogP contribution in [0.5, 0.6) is 17.2 Å². The number of hydrogen-bond acceptors (Lipinski definition) is 7. The van der Waals surface area contributed by atoms with Crippen molar-refractivity contribution < 1.29 is 40.7 Å². The molecule has 0 aromatic heterocycles. The summed E-state index contributed by atoms with van der Waals surface area (Å²) in [5, 5.41) is 4.83. The van der Waals surface area contributed by atoms with Crippen LogP contribution < -0.4 is 20.1 Å². The van der Waals surface area contributed by atoms with Crippen LogP contribution in [0, 0.1) is 0 Å². The Bertz CT molecular complexity index is 1460. The first kappa shape index (κ1) is 30.3. The Morgan fingerprint density at radius 3 is 2.27 bits per heavy atom. The van der Waals surface area contributed by atoms with Gasteiger partial charge in [-0.15, -0.1) is 0 Å². The minimum absolute atomic E-state index is 0.0427.